The van der Waals surface area contributed by atoms with Gasteiger partial charge in [0.25, 0.3) is 6.33 Å². The van der Waals surface area contributed by atoms with Crippen LogP contribution < -0.4 is 22.2 Å². The maximum atomic E-state index is 7.94. The van der Waals surface area contributed by atoms with Gasteiger partial charge < -0.3 is 4.42 Å². The highest BCUT2D eigenvalue weighted by Gasteiger charge is 2.38. The second-order valence-electron chi connectivity index (χ2n) is 25.9. The molecular formula is C78H56N23OS+5. The number of oxazole rings is 1. The highest BCUT2D eigenvalue weighted by atomic mass is 32.1. The molecule has 0 amide bonds. The number of fused-ring (bicyclic) bond motifs is 35. The van der Waals surface area contributed by atoms with E-state index in [2.05, 4.69) is 194 Å². The van der Waals surface area contributed by atoms with Crippen molar-refractivity contribution < 1.29 is 30.7 Å². The van der Waals surface area contributed by atoms with Crippen LogP contribution in [0.25, 0.3) is 144 Å². The molecule has 0 radical (unpaired) electrons. The summed E-state index contributed by atoms with van der Waals surface area (Å²) in [6.07, 6.45) is 38.0. The molecule has 103 heavy (non-hydrogen) atoms. The number of hydrogen-bond donors (Lipinski definition) is 0. The summed E-state index contributed by atoms with van der Waals surface area (Å²) in [4.78, 5) is 44.6. The first kappa shape index (κ1) is 54.1. The molecule has 490 valence electrons. The zero-order chi connectivity index (χ0) is 70.2. The molecule has 0 aliphatic carbocycles. The molecule has 20 aromatic heterocycles. The minimum Gasteiger partial charge on any atom is -0.385 e. The molecule has 0 bridgehead atoms. The van der Waals surface area contributed by atoms with Crippen molar-refractivity contribution in [2.45, 2.75) is 32.7 Å². The van der Waals surface area contributed by atoms with Crippen LogP contribution in [0.5, 0.6) is 0 Å². The van der Waals surface area contributed by atoms with Crippen molar-refractivity contribution in [1.82, 2.24) is 86.2 Å². The van der Waals surface area contributed by atoms with Crippen LogP contribution in [-0.2, 0) is 46.7 Å². The lowest BCUT2D eigenvalue weighted by Crippen LogP contribution is -2.29. The third-order valence-corrected chi connectivity index (χ3v) is 21.6. The molecule has 0 spiro atoms. The van der Waals surface area contributed by atoms with Crippen molar-refractivity contribution in [1.29, 1.82) is 0 Å². The van der Waals surface area contributed by atoms with E-state index in [0.717, 1.165) is 122 Å². The van der Waals surface area contributed by atoms with E-state index in [-0.39, 0.29) is 0 Å². The summed E-state index contributed by atoms with van der Waals surface area (Å²) in [7, 11) is 2.09. The normalized spacial score (nSPS) is 13.5. The van der Waals surface area contributed by atoms with Gasteiger partial charge in [0.15, 0.2) is 39.0 Å². The van der Waals surface area contributed by atoms with E-state index in [1.165, 1.54) is 70.2 Å². The van der Waals surface area contributed by atoms with Crippen LogP contribution in [-0.4, -0.2) is 86.2 Å². The zero-order valence-corrected chi connectivity index (χ0v) is 55.5. The Balaban J connectivity index is 0.0000000830. The fourth-order valence-corrected chi connectivity index (χ4v) is 17.1. The minimum absolute atomic E-state index is 0.571. The summed E-state index contributed by atoms with van der Waals surface area (Å²) >= 11 is 1.81. The van der Waals surface area contributed by atoms with Crippen LogP contribution >= 0.6 is 11.3 Å². The summed E-state index contributed by atoms with van der Waals surface area (Å²) in [5.74, 6) is 3.75. The lowest BCUT2D eigenvalue weighted by Gasteiger charge is -2.00. The molecule has 0 N–H and O–H groups in total. The third kappa shape index (κ3) is 8.35. The fraction of sp³-hybridized carbons (Fsp3) is 0.0897. The number of aryl methyl sites for hydroxylation is 2. The van der Waals surface area contributed by atoms with Gasteiger partial charge in [-0.3, -0.25) is 49.8 Å². The van der Waals surface area contributed by atoms with Crippen molar-refractivity contribution in [3.63, 3.8) is 0 Å². The number of rotatable bonds is 1. The van der Waals surface area contributed by atoms with Crippen LogP contribution in [0.4, 0.5) is 0 Å². The molecule has 0 saturated carbocycles. The quantitative estimate of drug-likeness (QED) is 0.142. The molecule has 5 aliphatic rings. The number of para-hydroxylation sites is 1. The number of imidazole rings is 8. The summed E-state index contributed by atoms with van der Waals surface area (Å²) in [5, 5.41) is 0. The highest BCUT2D eigenvalue weighted by molar-refractivity contribution is 7.24. The van der Waals surface area contributed by atoms with E-state index in [0.29, 0.717) is 17.8 Å². The Morgan fingerprint density at radius 1 is 0.417 bits per heavy atom. The van der Waals surface area contributed by atoms with E-state index in [4.69, 9.17) is 8.53 Å². The lowest BCUT2D eigenvalue weighted by atomic mass is 10.2. The van der Waals surface area contributed by atoms with Crippen LogP contribution in [0.3, 0.4) is 0 Å². The predicted octanol–water partition coefficient (Wildman–Crippen LogP) is 10.1. The van der Waals surface area contributed by atoms with Crippen molar-refractivity contribution in [3.05, 3.63) is 274 Å². The highest BCUT2D eigenvalue weighted by Crippen LogP contribution is 2.39. The number of benzene rings is 1. The molecule has 24 nitrogen and oxygen atoms in total. The lowest BCUT2D eigenvalue weighted by molar-refractivity contribution is -0.671. The predicted molar refractivity (Wildman–Crippen MR) is 384 cm³/mol. The molecule has 0 unspecified atom stereocenters. The maximum absolute atomic E-state index is 7.94. The van der Waals surface area contributed by atoms with Gasteiger partial charge in [0, 0.05) is 84.7 Å². The molecule has 0 fully saturated rings. The Morgan fingerprint density at radius 2 is 0.874 bits per heavy atom. The van der Waals surface area contributed by atoms with Gasteiger partial charge in [0.2, 0.25) is 10.4 Å². The van der Waals surface area contributed by atoms with Gasteiger partial charge in [0.05, 0.1) is 93.4 Å². The van der Waals surface area contributed by atoms with Crippen LogP contribution in [0.2, 0.25) is 0 Å². The maximum Gasteiger partial charge on any atom is 0.468 e. The molecule has 25 heteroatoms. The van der Waals surface area contributed by atoms with E-state index >= 15 is 0 Å². The fourth-order valence-electron chi connectivity index (χ4n) is 15.9. The van der Waals surface area contributed by atoms with Crippen LogP contribution in [0.1, 0.15) is 32.6 Å². The Labute approximate surface area is 590 Å². The molecule has 1 aromatic carbocycles. The topological polar surface area (TPSA) is 201 Å². The minimum atomic E-state index is -2.28. The number of aromatic nitrogens is 23. The monoisotopic (exact) mass is 1370 g/mol. The first-order chi connectivity index (χ1) is 52.1. The van der Waals surface area contributed by atoms with Crippen LogP contribution in [0, 0.1) is 0 Å². The third-order valence-electron chi connectivity index (χ3n) is 20.4. The van der Waals surface area contributed by atoms with E-state index in [1.54, 1.807) is 31.0 Å². The van der Waals surface area contributed by atoms with E-state index in [1.807, 2.05) is 143 Å². The first-order valence-electron chi connectivity index (χ1n) is 35.1. The Hall–Kier alpha value is -13.8. The van der Waals surface area contributed by atoms with Gasteiger partial charge in [-0.15, -0.1) is 0 Å². The number of thiazole rings is 1. The first-order valence-corrected chi connectivity index (χ1v) is 34.4. The largest absolute Gasteiger partial charge is 0.468 e. The second kappa shape index (κ2) is 21.8. The van der Waals surface area contributed by atoms with Gasteiger partial charge in [-0.25, -0.2) is 27.4 Å². The second-order valence-corrected chi connectivity index (χ2v) is 26.9. The Bertz CT molecular complexity index is 7230. The molecular weight excluding hydrogens is 1310 g/mol. The molecule has 26 rings (SSSR count). The van der Waals surface area contributed by atoms with Gasteiger partial charge in [-0.2, -0.15) is 31.1 Å². The summed E-state index contributed by atoms with van der Waals surface area (Å²) < 4.78 is 58.7. The van der Waals surface area contributed by atoms with Gasteiger partial charge >= 0.3 is 23.2 Å². The molecule has 5 aliphatic heterocycles. The number of hydrogen-bond acceptors (Lipinski definition) is 12. The van der Waals surface area contributed by atoms with Crippen molar-refractivity contribution in [2.24, 2.45) is 14.0 Å². The number of nitrogens with zero attached hydrogens (tertiary/aromatic N) is 23. The van der Waals surface area contributed by atoms with Gasteiger partial charge in [-0.1, -0.05) is 29.5 Å². The summed E-state index contributed by atoms with van der Waals surface area (Å²) in [5.41, 5.74) is 27.5. The van der Waals surface area contributed by atoms with Crippen molar-refractivity contribution in [2.75, 3.05) is 0 Å². The van der Waals surface area contributed by atoms with E-state index in [9.17, 15) is 0 Å². The number of pyridine rings is 10. The van der Waals surface area contributed by atoms with Gasteiger partial charge in [0.1, 0.15) is 96.8 Å². The van der Waals surface area contributed by atoms with Crippen molar-refractivity contribution in [3.8, 4) is 62.0 Å². The Morgan fingerprint density at radius 3 is 1.47 bits per heavy atom. The molecule has 25 heterocycles. The van der Waals surface area contributed by atoms with Gasteiger partial charge in [-0.05, 0) is 97.1 Å². The zero-order valence-electron chi connectivity index (χ0n) is 57.7. The Kier molecular flexibility index (Phi) is 11.5. The average Bonchev–Trinajstić information content (AvgIpc) is 1.52. The smallest absolute Gasteiger partial charge is 0.385 e. The SMILES string of the molecule is Cn1c2cnccc2[n+]2cc3n(c12)Cc1ncccc1-3.[2H]C([2H])([2H])n1c2cnccc2[n+]2cc3n(c12)Cc1ncccc1-3.c1ccc(-n2c3cnccc3[n+]3cc4n(c23)Cc2ncccc2-4)cc1.c1cnc2c(c1)-c1c3sc4ccncc4n3c[n+]1C2.c1cnc2c(c1)-c1c[n+]3c4ccncc4oc3n1C2. The summed E-state index contributed by atoms with van der Waals surface area (Å²) in [6.45, 7) is 1.53. The van der Waals surface area contributed by atoms with Crippen LogP contribution in [0.15, 0.2) is 250 Å². The van der Waals surface area contributed by atoms with Crippen molar-refractivity contribution >= 4 is 93.8 Å². The average molecular weight is 1370 g/mol. The molecule has 21 aromatic rings. The summed E-state index contributed by atoms with van der Waals surface area (Å²) in [6, 6.07) is 40.9. The van der Waals surface area contributed by atoms with E-state index < -0.39 is 6.98 Å². The molecule has 0 saturated heterocycles. The standard InChI is InChI=1S/C20H14N5.2C15H12N5.C14H9N4O.C14H9N4S/c1-2-5-14(6-3-1)25-18-11-21-10-8-17(18)24-13-19-15-7-4-9-22-16(15)12-23(19)20(24)25;2*1-18-13-7-16-6-4-12(13)20-9-14-10-3-2-5-17-11(10)8-19(14)15(18)20;1-2-9-10(16-4-1)7-17-12(9)8-18-11-3-5-15-6-13(11)19-14(17)18;1-2-9-10(16-4-1)7-17-8-18-11-6-15-5-3-12(11)19-14(18)13(9)17/h1-11,13H,12H2;2*2-7,9H,8H2,1H3;2*1-6,8H,7H2/q5*+1/i;1D3;;;. The molecule has 0 atom stereocenters.